The summed E-state index contributed by atoms with van der Waals surface area (Å²) in [5, 5.41) is 31.7. The second-order valence-electron chi connectivity index (χ2n) is 10.0. The van der Waals surface area contributed by atoms with Crippen molar-refractivity contribution in [3.63, 3.8) is 0 Å². The summed E-state index contributed by atoms with van der Waals surface area (Å²) in [6, 6.07) is 0. The second kappa shape index (κ2) is 6.18. The standard InChI is InChI=1S/C21H34O5/c1-11(22)26-16-10-12-13-4-5-17(24)20(13,2)8-6-14(12)21(3)9-7-15(23)19(25)18(16)21/h12-19,23-25H,4-10H2,1-3H3/t12-,13-,14-,15-,16?,17-,18-,19?,20-,21+/m0/s1. The Morgan fingerprint density at radius 2 is 1.62 bits per heavy atom. The SMILES string of the molecule is CC(=O)OC1C[C@@H]2[C@H](CC[C@]3(C)[C@@H](O)CC[C@@H]23)[C@@]2(C)CC[C@H](O)C(O)[C@H]12. The second-order valence-corrected chi connectivity index (χ2v) is 10.0. The first kappa shape index (κ1) is 18.7. The number of esters is 1. The summed E-state index contributed by atoms with van der Waals surface area (Å²) in [5.74, 6) is 0.819. The highest BCUT2D eigenvalue weighted by Crippen LogP contribution is 2.66. The van der Waals surface area contributed by atoms with Gasteiger partial charge in [0.2, 0.25) is 0 Å². The van der Waals surface area contributed by atoms with Crippen molar-refractivity contribution >= 4 is 5.97 Å². The molecule has 0 amide bonds. The van der Waals surface area contributed by atoms with Crippen LogP contribution in [0.1, 0.15) is 65.7 Å². The molecule has 4 aliphatic carbocycles. The summed E-state index contributed by atoms with van der Waals surface area (Å²) in [5.41, 5.74) is -0.158. The normalized spacial score (nSPS) is 56.2. The molecule has 10 atom stereocenters. The van der Waals surface area contributed by atoms with Gasteiger partial charge in [0.15, 0.2) is 0 Å². The number of aliphatic hydroxyl groups is 3. The van der Waals surface area contributed by atoms with E-state index in [9.17, 15) is 20.1 Å². The molecule has 0 aromatic heterocycles. The molecule has 4 saturated carbocycles. The number of fused-ring (bicyclic) bond motifs is 5. The topological polar surface area (TPSA) is 87.0 Å². The highest BCUT2D eigenvalue weighted by Gasteiger charge is 2.64. The molecule has 2 unspecified atom stereocenters. The molecule has 148 valence electrons. The Kier molecular flexibility index (Phi) is 4.44. The maximum Gasteiger partial charge on any atom is 0.302 e. The molecule has 0 saturated heterocycles. The fourth-order valence-corrected chi connectivity index (χ4v) is 7.66. The number of hydrogen-bond donors (Lipinski definition) is 3. The number of carbonyl (C=O) groups excluding carboxylic acids is 1. The van der Waals surface area contributed by atoms with Gasteiger partial charge in [-0.05, 0) is 73.5 Å². The lowest BCUT2D eigenvalue weighted by atomic mass is 9.44. The van der Waals surface area contributed by atoms with Crippen LogP contribution < -0.4 is 0 Å². The lowest BCUT2D eigenvalue weighted by Gasteiger charge is -2.63. The van der Waals surface area contributed by atoms with Gasteiger partial charge in [0, 0.05) is 12.8 Å². The van der Waals surface area contributed by atoms with Crippen LogP contribution in [0.25, 0.3) is 0 Å². The molecular weight excluding hydrogens is 332 g/mol. The van der Waals surface area contributed by atoms with Gasteiger partial charge in [0.25, 0.3) is 0 Å². The molecule has 4 fully saturated rings. The summed E-state index contributed by atoms with van der Waals surface area (Å²) < 4.78 is 5.73. The van der Waals surface area contributed by atoms with E-state index in [0.717, 1.165) is 38.5 Å². The van der Waals surface area contributed by atoms with Gasteiger partial charge in [0.1, 0.15) is 6.10 Å². The Morgan fingerprint density at radius 1 is 0.962 bits per heavy atom. The summed E-state index contributed by atoms with van der Waals surface area (Å²) in [4.78, 5) is 11.8. The molecule has 3 N–H and O–H groups in total. The highest BCUT2D eigenvalue weighted by molar-refractivity contribution is 5.66. The molecule has 0 spiro atoms. The van der Waals surface area contributed by atoms with E-state index in [1.807, 2.05) is 0 Å². The molecule has 4 rings (SSSR count). The first-order valence-corrected chi connectivity index (χ1v) is 10.4. The monoisotopic (exact) mass is 366 g/mol. The van der Waals surface area contributed by atoms with Crippen molar-refractivity contribution in [2.24, 2.45) is 34.5 Å². The lowest BCUT2D eigenvalue weighted by Crippen LogP contribution is -2.63. The Hall–Kier alpha value is -0.650. The van der Waals surface area contributed by atoms with Crippen molar-refractivity contribution in [2.75, 3.05) is 0 Å². The molecule has 0 heterocycles. The molecule has 0 aromatic rings. The predicted octanol–water partition coefficient (Wildman–Crippen LogP) is 2.26. The third-order valence-corrected chi connectivity index (χ3v) is 8.96. The fourth-order valence-electron chi connectivity index (χ4n) is 7.66. The molecule has 26 heavy (non-hydrogen) atoms. The number of ether oxygens (including phenoxy) is 1. The van der Waals surface area contributed by atoms with Crippen LogP contribution in [0.5, 0.6) is 0 Å². The van der Waals surface area contributed by atoms with Crippen LogP contribution in [0.15, 0.2) is 0 Å². The molecule has 0 bridgehead atoms. The van der Waals surface area contributed by atoms with E-state index in [2.05, 4.69) is 13.8 Å². The Bertz CT molecular complexity index is 579. The average Bonchev–Trinajstić information content (AvgIpc) is 2.86. The van der Waals surface area contributed by atoms with Gasteiger partial charge in [-0.3, -0.25) is 4.79 Å². The van der Waals surface area contributed by atoms with Crippen molar-refractivity contribution < 1.29 is 24.9 Å². The maximum absolute atomic E-state index is 11.8. The van der Waals surface area contributed by atoms with Gasteiger partial charge in [0.05, 0.1) is 18.3 Å². The largest absolute Gasteiger partial charge is 0.462 e. The molecule has 5 heteroatoms. The van der Waals surface area contributed by atoms with E-state index >= 15 is 0 Å². The quantitative estimate of drug-likeness (QED) is 0.620. The zero-order valence-corrected chi connectivity index (χ0v) is 16.2. The number of rotatable bonds is 1. The van der Waals surface area contributed by atoms with Crippen LogP contribution in [0, 0.1) is 34.5 Å². The van der Waals surface area contributed by atoms with E-state index in [1.165, 1.54) is 6.92 Å². The Labute approximate surface area is 156 Å². The number of hydrogen-bond acceptors (Lipinski definition) is 5. The van der Waals surface area contributed by atoms with Crippen molar-refractivity contribution in [2.45, 2.75) is 90.1 Å². The van der Waals surface area contributed by atoms with Gasteiger partial charge in [-0.15, -0.1) is 0 Å². The van der Waals surface area contributed by atoms with E-state index in [0.29, 0.717) is 24.2 Å². The molecule has 0 radical (unpaired) electrons. The van der Waals surface area contributed by atoms with Gasteiger partial charge >= 0.3 is 5.97 Å². The van der Waals surface area contributed by atoms with E-state index < -0.39 is 12.2 Å². The van der Waals surface area contributed by atoms with Crippen LogP contribution in [0.4, 0.5) is 0 Å². The fraction of sp³-hybridized carbons (Fsp3) is 0.952. The Morgan fingerprint density at radius 3 is 2.31 bits per heavy atom. The summed E-state index contributed by atoms with van der Waals surface area (Å²) in [7, 11) is 0. The van der Waals surface area contributed by atoms with Gasteiger partial charge in [-0.25, -0.2) is 0 Å². The third kappa shape index (κ3) is 2.50. The number of carbonyl (C=O) groups is 1. The minimum atomic E-state index is -0.832. The smallest absolute Gasteiger partial charge is 0.302 e. The zero-order valence-electron chi connectivity index (χ0n) is 16.2. The number of aliphatic hydroxyl groups excluding tert-OH is 3. The minimum Gasteiger partial charge on any atom is -0.462 e. The molecule has 5 nitrogen and oxygen atoms in total. The van der Waals surface area contributed by atoms with E-state index in [1.54, 1.807) is 0 Å². The van der Waals surface area contributed by atoms with Crippen LogP contribution in [-0.4, -0.2) is 45.7 Å². The lowest BCUT2D eigenvalue weighted by molar-refractivity contribution is -0.223. The van der Waals surface area contributed by atoms with Crippen LogP contribution in [-0.2, 0) is 9.53 Å². The molecule has 0 aromatic carbocycles. The van der Waals surface area contributed by atoms with Crippen LogP contribution >= 0.6 is 0 Å². The van der Waals surface area contributed by atoms with Crippen molar-refractivity contribution in [3.8, 4) is 0 Å². The highest BCUT2D eigenvalue weighted by atomic mass is 16.5. The van der Waals surface area contributed by atoms with Crippen molar-refractivity contribution in [3.05, 3.63) is 0 Å². The zero-order chi connectivity index (χ0) is 18.9. The van der Waals surface area contributed by atoms with Gasteiger partial charge in [-0.2, -0.15) is 0 Å². The molecule has 0 aliphatic heterocycles. The molecular formula is C21H34O5. The predicted molar refractivity (Wildman–Crippen MR) is 96.1 cm³/mol. The first-order chi connectivity index (χ1) is 12.2. The average molecular weight is 366 g/mol. The van der Waals surface area contributed by atoms with Crippen molar-refractivity contribution in [1.29, 1.82) is 0 Å². The van der Waals surface area contributed by atoms with E-state index in [-0.39, 0.29) is 34.9 Å². The summed E-state index contributed by atoms with van der Waals surface area (Å²) in [6.45, 7) is 5.91. The molecule has 4 aliphatic rings. The van der Waals surface area contributed by atoms with Crippen LogP contribution in [0.2, 0.25) is 0 Å². The Balaban J connectivity index is 1.71. The van der Waals surface area contributed by atoms with Crippen molar-refractivity contribution in [1.82, 2.24) is 0 Å². The third-order valence-electron chi connectivity index (χ3n) is 8.96. The van der Waals surface area contributed by atoms with Gasteiger partial charge in [-0.1, -0.05) is 13.8 Å². The van der Waals surface area contributed by atoms with Crippen LogP contribution in [0.3, 0.4) is 0 Å². The van der Waals surface area contributed by atoms with Gasteiger partial charge < -0.3 is 20.1 Å². The first-order valence-electron chi connectivity index (χ1n) is 10.4. The summed E-state index contributed by atoms with van der Waals surface area (Å²) in [6.07, 6.45) is 4.06. The minimum absolute atomic E-state index is 0.0298. The summed E-state index contributed by atoms with van der Waals surface area (Å²) >= 11 is 0. The van der Waals surface area contributed by atoms with E-state index in [4.69, 9.17) is 4.74 Å². The maximum atomic E-state index is 11.8.